The lowest BCUT2D eigenvalue weighted by Crippen LogP contribution is -2.12. The van der Waals surface area contributed by atoms with Crippen LogP contribution in [0.5, 0.6) is 0 Å². The van der Waals surface area contributed by atoms with Gasteiger partial charge >= 0.3 is 0 Å². The number of hydrogen-bond donors (Lipinski definition) is 2. The lowest BCUT2D eigenvalue weighted by molar-refractivity contribution is 0.598. The van der Waals surface area contributed by atoms with E-state index >= 15 is 0 Å². The molecule has 0 aliphatic heterocycles. The SMILES string of the molecule is Cn1cc(NS(=O)(=O)c2cnc[nH]2)cn1. The van der Waals surface area contributed by atoms with Gasteiger partial charge in [-0.15, -0.1) is 0 Å². The van der Waals surface area contributed by atoms with Crippen molar-refractivity contribution in [2.24, 2.45) is 7.05 Å². The number of aryl methyl sites for hydroxylation is 1. The molecule has 0 spiro atoms. The van der Waals surface area contributed by atoms with E-state index in [2.05, 4.69) is 19.8 Å². The van der Waals surface area contributed by atoms with Crippen molar-refractivity contribution in [2.75, 3.05) is 4.72 Å². The second kappa shape index (κ2) is 3.39. The van der Waals surface area contributed by atoms with Crippen molar-refractivity contribution < 1.29 is 8.42 Å². The van der Waals surface area contributed by atoms with Crippen LogP contribution in [0, 0.1) is 0 Å². The van der Waals surface area contributed by atoms with E-state index < -0.39 is 10.0 Å². The monoisotopic (exact) mass is 227 g/mol. The van der Waals surface area contributed by atoms with Crippen molar-refractivity contribution in [3.8, 4) is 0 Å². The quantitative estimate of drug-likeness (QED) is 0.768. The number of hydrogen-bond acceptors (Lipinski definition) is 4. The van der Waals surface area contributed by atoms with Crippen LogP contribution in [0.2, 0.25) is 0 Å². The molecule has 0 saturated heterocycles. The zero-order chi connectivity index (χ0) is 10.9. The number of aromatic nitrogens is 4. The molecule has 0 radical (unpaired) electrons. The van der Waals surface area contributed by atoms with Crippen molar-refractivity contribution in [3.63, 3.8) is 0 Å². The normalized spacial score (nSPS) is 11.5. The van der Waals surface area contributed by atoms with E-state index in [1.54, 1.807) is 13.2 Å². The van der Waals surface area contributed by atoms with Gasteiger partial charge in [0.05, 0.1) is 24.4 Å². The van der Waals surface area contributed by atoms with Gasteiger partial charge < -0.3 is 4.98 Å². The minimum Gasteiger partial charge on any atom is -0.334 e. The highest BCUT2D eigenvalue weighted by atomic mass is 32.2. The molecule has 0 fully saturated rings. The van der Waals surface area contributed by atoms with Crippen molar-refractivity contribution in [2.45, 2.75) is 5.03 Å². The maximum Gasteiger partial charge on any atom is 0.279 e. The molecular formula is C7H9N5O2S. The number of nitrogens with zero attached hydrogens (tertiary/aromatic N) is 3. The van der Waals surface area contributed by atoms with Crippen LogP contribution in [0.15, 0.2) is 29.9 Å². The summed E-state index contributed by atoms with van der Waals surface area (Å²) in [6.45, 7) is 0. The summed E-state index contributed by atoms with van der Waals surface area (Å²) in [6, 6.07) is 0. The summed E-state index contributed by atoms with van der Waals surface area (Å²) < 4.78 is 27.2. The number of anilines is 1. The Balaban J connectivity index is 2.26. The zero-order valence-electron chi connectivity index (χ0n) is 7.88. The molecule has 2 aromatic rings. The molecule has 2 N–H and O–H groups in total. The standard InChI is InChI=1S/C7H9N5O2S/c1-12-4-6(2-10-12)11-15(13,14)7-3-8-5-9-7/h2-5,11H,1H3,(H,8,9). The Labute approximate surface area is 86.2 Å². The minimum absolute atomic E-state index is 0.0198. The summed E-state index contributed by atoms with van der Waals surface area (Å²) in [5.41, 5.74) is 0.409. The molecule has 0 atom stereocenters. The first-order valence-electron chi connectivity index (χ1n) is 4.08. The second-order valence-electron chi connectivity index (χ2n) is 2.92. The van der Waals surface area contributed by atoms with E-state index in [1.807, 2.05) is 0 Å². The Bertz CT molecular complexity index is 542. The van der Waals surface area contributed by atoms with Gasteiger partial charge in [0.2, 0.25) is 0 Å². The maximum atomic E-state index is 11.7. The first-order chi connectivity index (χ1) is 7.08. The van der Waals surface area contributed by atoms with Gasteiger partial charge in [-0.3, -0.25) is 9.40 Å². The van der Waals surface area contributed by atoms with Gasteiger partial charge in [0.15, 0.2) is 5.03 Å². The molecule has 2 heterocycles. The van der Waals surface area contributed by atoms with Crippen LogP contribution in [0.4, 0.5) is 5.69 Å². The van der Waals surface area contributed by atoms with Crippen LogP contribution in [0.3, 0.4) is 0 Å². The van der Waals surface area contributed by atoms with Gasteiger partial charge in [-0.2, -0.15) is 13.5 Å². The molecule has 15 heavy (non-hydrogen) atoms. The molecule has 0 aliphatic carbocycles. The van der Waals surface area contributed by atoms with Crippen LogP contribution in [-0.2, 0) is 17.1 Å². The van der Waals surface area contributed by atoms with Crippen molar-refractivity contribution in [1.82, 2.24) is 19.7 Å². The van der Waals surface area contributed by atoms with Crippen molar-refractivity contribution >= 4 is 15.7 Å². The van der Waals surface area contributed by atoms with E-state index in [0.29, 0.717) is 5.69 Å². The average molecular weight is 227 g/mol. The van der Waals surface area contributed by atoms with E-state index in [9.17, 15) is 8.42 Å². The number of rotatable bonds is 3. The summed E-state index contributed by atoms with van der Waals surface area (Å²) in [7, 11) is -1.88. The van der Waals surface area contributed by atoms with Crippen LogP contribution in [-0.4, -0.2) is 28.2 Å². The molecule has 80 valence electrons. The Hall–Kier alpha value is -1.83. The number of aromatic amines is 1. The lowest BCUT2D eigenvalue weighted by Gasteiger charge is -2.01. The molecule has 0 aliphatic rings. The Kier molecular flexibility index (Phi) is 2.19. The molecule has 0 amide bonds. The van der Waals surface area contributed by atoms with Crippen LogP contribution in [0.25, 0.3) is 0 Å². The number of nitrogens with one attached hydrogen (secondary N) is 2. The van der Waals surface area contributed by atoms with Gasteiger partial charge in [0, 0.05) is 13.2 Å². The highest BCUT2D eigenvalue weighted by Crippen LogP contribution is 2.11. The Morgan fingerprint density at radius 1 is 1.47 bits per heavy atom. The lowest BCUT2D eigenvalue weighted by atomic mass is 10.6. The fourth-order valence-corrected chi connectivity index (χ4v) is 2.01. The summed E-state index contributed by atoms with van der Waals surface area (Å²) >= 11 is 0. The predicted molar refractivity (Wildman–Crippen MR) is 52.6 cm³/mol. The van der Waals surface area contributed by atoms with Gasteiger partial charge in [-0.05, 0) is 0 Å². The average Bonchev–Trinajstić information content (AvgIpc) is 2.75. The summed E-state index contributed by atoms with van der Waals surface area (Å²) in [5.74, 6) is 0. The molecule has 0 unspecified atom stereocenters. The largest absolute Gasteiger partial charge is 0.334 e. The Morgan fingerprint density at radius 3 is 2.80 bits per heavy atom. The number of H-pyrrole nitrogens is 1. The predicted octanol–water partition coefficient (Wildman–Crippen LogP) is -0.0560. The van der Waals surface area contributed by atoms with Gasteiger partial charge in [0.25, 0.3) is 10.0 Å². The molecule has 8 heteroatoms. The van der Waals surface area contributed by atoms with Crippen molar-refractivity contribution in [1.29, 1.82) is 0 Å². The number of sulfonamides is 1. The van der Waals surface area contributed by atoms with Gasteiger partial charge in [0.1, 0.15) is 0 Å². The minimum atomic E-state index is -3.58. The molecule has 0 aromatic carbocycles. The molecule has 2 rings (SSSR count). The first kappa shape index (κ1) is 9.71. The summed E-state index contributed by atoms with van der Waals surface area (Å²) in [4.78, 5) is 6.16. The topological polar surface area (TPSA) is 92.7 Å². The van der Waals surface area contributed by atoms with E-state index in [4.69, 9.17) is 0 Å². The molecule has 2 aromatic heterocycles. The highest BCUT2D eigenvalue weighted by molar-refractivity contribution is 7.92. The molecular weight excluding hydrogens is 218 g/mol. The molecule has 7 nitrogen and oxygen atoms in total. The van der Waals surface area contributed by atoms with Crippen LogP contribution >= 0.6 is 0 Å². The fourth-order valence-electron chi connectivity index (χ4n) is 1.07. The molecule has 0 bridgehead atoms. The smallest absolute Gasteiger partial charge is 0.279 e. The van der Waals surface area contributed by atoms with Crippen LogP contribution in [0.1, 0.15) is 0 Å². The van der Waals surface area contributed by atoms with Crippen LogP contribution < -0.4 is 4.72 Å². The second-order valence-corrected chi connectivity index (χ2v) is 4.57. The van der Waals surface area contributed by atoms with Gasteiger partial charge in [-0.1, -0.05) is 0 Å². The highest BCUT2D eigenvalue weighted by Gasteiger charge is 2.15. The fraction of sp³-hybridized carbons (Fsp3) is 0.143. The third kappa shape index (κ3) is 1.99. The van der Waals surface area contributed by atoms with E-state index in [-0.39, 0.29) is 5.03 Å². The van der Waals surface area contributed by atoms with E-state index in [1.165, 1.54) is 23.4 Å². The molecule has 0 saturated carbocycles. The van der Waals surface area contributed by atoms with E-state index in [0.717, 1.165) is 0 Å². The Morgan fingerprint density at radius 2 is 2.27 bits per heavy atom. The third-order valence-corrected chi connectivity index (χ3v) is 3.03. The van der Waals surface area contributed by atoms with Crippen molar-refractivity contribution in [3.05, 3.63) is 24.9 Å². The first-order valence-corrected chi connectivity index (χ1v) is 5.56. The summed E-state index contributed by atoms with van der Waals surface area (Å²) in [6.07, 6.45) is 5.53. The number of imidazole rings is 1. The summed E-state index contributed by atoms with van der Waals surface area (Å²) in [5, 5.41) is 3.87. The maximum absolute atomic E-state index is 11.7. The third-order valence-electron chi connectivity index (χ3n) is 1.72. The zero-order valence-corrected chi connectivity index (χ0v) is 8.69. The van der Waals surface area contributed by atoms with Gasteiger partial charge in [-0.25, -0.2) is 4.98 Å².